The van der Waals surface area contributed by atoms with Gasteiger partial charge < -0.3 is 28.1 Å². The van der Waals surface area contributed by atoms with Crippen LogP contribution in [0.5, 0.6) is 23.0 Å². The van der Waals surface area contributed by atoms with E-state index in [1.807, 2.05) is 6.92 Å². The van der Waals surface area contributed by atoms with Gasteiger partial charge in [-0.05, 0) is 31.2 Å². The summed E-state index contributed by atoms with van der Waals surface area (Å²) in [6.07, 6.45) is -0.758. The fraction of sp³-hybridized carbons (Fsp3) is 0.286. The molecule has 3 aromatic rings. The lowest BCUT2D eigenvalue weighted by Crippen LogP contribution is -2.22. The summed E-state index contributed by atoms with van der Waals surface area (Å²) in [6, 6.07) is 8.57. The number of hydrogen-bond acceptors (Lipinski definition) is 7. The quantitative estimate of drug-likeness (QED) is 0.660. The molecule has 0 spiro atoms. The maximum atomic E-state index is 13.1. The first kappa shape index (κ1) is 18.2. The molecule has 1 aromatic heterocycles. The van der Waals surface area contributed by atoms with Crippen LogP contribution in [-0.4, -0.2) is 27.9 Å². The van der Waals surface area contributed by atoms with Crippen LogP contribution >= 0.6 is 0 Å². The van der Waals surface area contributed by atoms with Gasteiger partial charge in [0.05, 0.1) is 26.7 Å². The van der Waals surface area contributed by atoms with Gasteiger partial charge in [-0.1, -0.05) is 0 Å². The molecule has 0 bridgehead atoms. The van der Waals surface area contributed by atoms with Gasteiger partial charge in [0, 0.05) is 23.8 Å². The highest BCUT2D eigenvalue weighted by Crippen LogP contribution is 2.46. The molecule has 0 saturated heterocycles. The van der Waals surface area contributed by atoms with E-state index in [1.54, 1.807) is 51.7 Å². The Balaban J connectivity index is 2.03. The van der Waals surface area contributed by atoms with E-state index in [0.717, 1.165) is 0 Å². The van der Waals surface area contributed by atoms with Crippen molar-refractivity contribution in [1.29, 1.82) is 0 Å². The van der Waals surface area contributed by atoms with Crippen LogP contribution in [-0.2, 0) is 4.74 Å². The van der Waals surface area contributed by atoms with Crippen LogP contribution in [0, 0.1) is 0 Å². The molecule has 7 nitrogen and oxygen atoms in total. The van der Waals surface area contributed by atoms with Crippen LogP contribution in [0.4, 0.5) is 0 Å². The molecule has 0 N–H and O–H groups in total. The van der Waals surface area contributed by atoms with Crippen LogP contribution in [0.3, 0.4) is 0 Å². The van der Waals surface area contributed by atoms with Gasteiger partial charge in [-0.2, -0.15) is 0 Å². The Bertz CT molecular complexity index is 1100. The van der Waals surface area contributed by atoms with Gasteiger partial charge in [-0.15, -0.1) is 0 Å². The van der Waals surface area contributed by atoms with Gasteiger partial charge in [0.2, 0.25) is 17.5 Å². The molecule has 28 heavy (non-hydrogen) atoms. The molecule has 7 heteroatoms. The van der Waals surface area contributed by atoms with Crippen molar-refractivity contribution in [3.05, 3.63) is 46.1 Å². The Morgan fingerprint density at radius 1 is 1.00 bits per heavy atom. The highest BCUT2D eigenvalue weighted by molar-refractivity contribution is 5.85. The largest absolute Gasteiger partial charge is 0.497 e. The summed E-state index contributed by atoms with van der Waals surface area (Å²) in [4.78, 5) is 13.1. The monoisotopic (exact) mass is 384 g/mol. The minimum atomic E-state index is -0.758. The summed E-state index contributed by atoms with van der Waals surface area (Å²) in [7, 11) is 4.66. The fourth-order valence-corrected chi connectivity index (χ4v) is 3.30. The maximum absolute atomic E-state index is 13.1. The van der Waals surface area contributed by atoms with E-state index in [9.17, 15) is 4.79 Å². The second-order valence-corrected chi connectivity index (χ2v) is 6.15. The molecule has 2 heterocycles. The molecule has 0 radical (unpaired) electrons. The molecular formula is C21H20O7. The SMILES string of the molecule is CCO[C@H]1Oc2c(oc3cc(OC)ccc3c2=O)-c2cc(OC)c(OC)cc21. The molecule has 0 unspecified atom stereocenters. The van der Waals surface area contributed by atoms with E-state index in [1.165, 1.54) is 0 Å². The predicted octanol–water partition coefficient (Wildman–Crippen LogP) is 3.91. The van der Waals surface area contributed by atoms with Crippen LogP contribution in [0.15, 0.2) is 39.5 Å². The maximum Gasteiger partial charge on any atom is 0.235 e. The predicted molar refractivity (Wildman–Crippen MR) is 103 cm³/mol. The Hall–Kier alpha value is -3.19. The normalized spacial score (nSPS) is 14.8. The summed E-state index contributed by atoms with van der Waals surface area (Å²) in [5.41, 5.74) is 1.47. The Morgan fingerprint density at radius 2 is 1.75 bits per heavy atom. The number of fused-ring (bicyclic) bond motifs is 4. The first-order valence-electron chi connectivity index (χ1n) is 8.80. The second-order valence-electron chi connectivity index (χ2n) is 6.15. The number of benzene rings is 2. The van der Waals surface area contributed by atoms with Crippen molar-refractivity contribution in [3.8, 4) is 34.3 Å². The van der Waals surface area contributed by atoms with Crippen LogP contribution < -0.4 is 24.4 Å². The third-order valence-electron chi connectivity index (χ3n) is 4.66. The average molecular weight is 384 g/mol. The summed E-state index contributed by atoms with van der Waals surface area (Å²) in [6.45, 7) is 2.26. The van der Waals surface area contributed by atoms with E-state index in [2.05, 4.69) is 0 Å². The molecule has 0 saturated carbocycles. The lowest BCUT2D eigenvalue weighted by Gasteiger charge is -2.28. The standard InChI is InChI=1S/C21H20O7/c1-5-26-21-14-10-17(25-4)16(24-3)9-13(14)19-20(28-21)18(22)12-7-6-11(23-2)8-15(12)27-19/h6-10,21H,5H2,1-4H3/t21-/m0/s1. The van der Waals surface area contributed by atoms with E-state index in [-0.39, 0.29) is 11.2 Å². The average Bonchev–Trinajstić information content (AvgIpc) is 2.73. The Kier molecular flexibility index (Phi) is 4.60. The van der Waals surface area contributed by atoms with Gasteiger partial charge >= 0.3 is 0 Å². The highest BCUT2D eigenvalue weighted by atomic mass is 16.7. The van der Waals surface area contributed by atoms with Gasteiger partial charge in [-0.25, -0.2) is 0 Å². The Labute approximate surface area is 161 Å². The van der Waals surface area contributed by atoms with Crippen LogP contribution in [0.25, 0.3) is 22.3 Å². The lowest BCUT2D eigenvalue weighted by atomic mass is 9.99. The van der Waals surface area contributed by atoms with Crippen molar-refractivity contribution in [2.24, 2.45) is 0 Å². The van der Waals surface area contributed by atoms with Gasteiger partial charge in [0.15, 0.2) is 17.3 Å². The minimum absolute atomic E-state index is 0.107. The van der Waals surface area contributed by atoms with Crippen molar-refractivity contribution >= 4 is 11.0 Å². The summed E-state index contributed by atoms with van der Waals surface area (Å²) in [5, 5.41) is 0.402. The molecule has 0 fully saturated rings. The van der Waals surface area contributed by atoms with Crippen LogP contribution in [0.2, 0.25) is 0 Å². The third kappa shape index (κ3) is 2.75. The van der Waals surface area contributed by atoms with E-state index in [0.29, 0.717) is 51.7 Å². The van der Waals surface area contributed by atoms with Crippen molar-refractivity contribution < 1.29 is 28.1 Å². The van der Waals surface area contributed by atoms with Crippen LogP contribution in [0.1, 0.15) is 18.8 Å². The van der Waals surface area contributed by atoms with E-state index < -0.39 is 6.29 Å². The summed E-state index contributed by atoms with van der Waals surface area (Å²) >= 11 is 0. The second kappa shape index (κ2) is 7.09. The molecule has 2 aromatic carbocycles. The zero-order valence-corrected chi connectivity index (χ0v) is 16.0. The van der Waals surface area contributed by atoms with E-state index in [4.69, 9.17) is 28.1 Å². The molecular weight excluding hydrogens is 364 g/mol. The lowest BCUT2D eigenvalue weighted by molar-refractivity contribution is -0.0816. The first-order valence-corrected chi connectivity index (χ1v) is 8.80. The van der Waals surface area contributed by atoms with Gasteiger partial charge in [-0.3, -0.25) is 4.79 Å². The molecule has 1 aliphatic rings. The first-order chi connectivity index (χ1) is 13.6. The van der Waals surface area contributed by atoms with Crippen molar-refractivity contribution in [3.63, 3.8) is 0 Å². The number of ether oxygens (including phenoxy) is 5. The molecule has 146 valence electrons. The molecule has 1 aliphatic heterocycles. The topological polar surface area (TPSA) is 76.4 Å². The molecule has 0 amide bonds. The zero-order valence-electron chi connectivity index (χ0n) is 16.0. The fourth-order valence-electron chi connectivity index (χ4n) is 3.30. The number of methoxy groups -OCH3 is 3. The number of hydrogen-bond donors (Lipinski definition) is 0. The highest BCUT2D eigenvalue weighted by Gasteiger charge is 2.33. The number of rotatable bonds is 5. The molecule has 0 aliphatic carbocycles. The smallest absolute Gasteiger partial charge is 0.235 e. The summed E-state index contributed by atoms with van der Waals surface area (Å²) < 4.78 is 33.8. The van der Waals surface area contributed by atoms with Gasteiger partial charge in [0.1, 0.15) is 11.3 Å². The zero-order chi connectivity index (χ0) is 19.8. The van der Waals surface area contributed by atoms with E-state index >= 15 is 0 Å². The summed E-state index contributed by atoms with van der Waals surface area (Å²) in [5.74, 6) is 2.06. The molecule has 4 rings (SSSR count). The third-order valence-corrected chi connectivity index (χ3v) is 4.66. The van der Waals surface area contributed by atoms with Crippen molar-refractivity contribution in [2.75, 3.05) is 27.9 Å². The van der Waals surface area contributed by atoms with Crippen molar-refractivity contribution in [2.45, 2.75) is 13.2 Å². The van der Waals surface area contributed by atoms with Gasteiger partial charge in [0.25, 0.3) is 0 Å². The Morgan fingerprint density at radius 3 is 2.43 bits per heavy atom. The minimum Gasteiger partial charge on any atom is -0.497 e. The molecule has 1 atom stereocenters. The van der Waals surface area contributed by atoms with Crippen molar-refractivity contribution in [1.82, 2.24) is 0 Å².